The summed E-state index contributed by atoms with van der Waals surface area (Å²) < 4.78 is 4.85. The highest BCUT2D eigenvalue weighted by Gasteiger charge is 2.25. The Morgan fingerprint density at radius 3 is 2.33 bits per heavy atom. The first kappa shape index (κ1) is 16.7. The minimum atomic E-state index is -1.07. The number of aliphatic carboxylic acids is 1. The molecule has 2 amide bonds. The highest BCUT2D eigenvalue weighted by atomic mass is 16.5. The maximum Gasteiger partial charge on any atom is 0.326 e. The van der Waals surface area contributed by atoms with Crippen LogP contribution in [0.5, 0.6) is 0 Å². The Balaban J connectivity index is 4.50. The number of nitrogens with zero attached hydrogens (tertiary/aromatic N) is 1. The van der Waals surface area contributed by atoms with Gasteiger partial charge in [0.2, 0.25) is 0 Å². The van der Waals surface area contributed by atoms with Crippen molar-refractivity contribution in [3.8, 4) is 0 Å². The van der Waals surface area contributed by atoms with Gasteiger partial charge in [0, 0.05) is 20.2 Å². The van der Waals surface area contributed by atoms with Crippen molar-refractivity contribution in [2.75, 3.05) is 33.4 Å². The van der Waals surface area contributed by atoms with Crippen LogP contribution in [-0.4, -0.2) is 66.6 Å². The van der Waals surface area contributed by atoms with E-state index in [9.17, 15) is 9.59 Å². The van der Waals surface area contributed by atoms with Crippen molar-refractivity contribution in [1.29, 1.82) is 0 Å². The summed E-state index contributed by atoms with van der Waals surface area (Å²) in [5.41, 5.74) is 0. The summed E-state index contributed by atoms with van der Waals surface area (Å²) in [6.07, 6.45) is 0. The second-order valence-corrected chi connectivity index (χ2v) is 4.21. The third-order valence-electron chi connectivity index (χ3n) is 2.43. The number of methoxy groups -OCH3 is 1. The largest absolute Gasteiger partial charge is 0.480 e. The van der Waals surface area contributed by atoms with E-state index in [1.807, 2.05) is 0 Å². The second kappa shape index (κ2) is 8.71. The fourth-order valence-electron chi connectivity index (χ4n) is 1.37. The van der Waals surface area contributed by atoms with Crippen molar-refractivity contribution in [3.05, 3.63) is 0 Å². The Morgan fingerprint density at radius 1 is 1.33 bits per heavy atom. The molecule has 0 aromatic heterocycles. The molecule has 0 saturated heterocycles. The molecule has 0 rings (SSSR count). The number of hydrogen-bond acceptors (Lipinski definition) is 4. The maximum atomic E-state index is 11.8. The molecule has 0 saturated carbocycles. The molecule has 0 radical (unpaired) electrons. The predicted octanol–water partition coefficient (Wildman–Crippen LogP) is -0.254. The van der Waals surface area contributed by atoms with Gasteiger partial charge in [0.15, 0.2) is 0 Å². The topological polar surface area (TPSA) is 99.1 Å². The zero-order valence-corrected chi connectivity index (χ0v) is 11.0. The van der Waals surface area contributed by atoms with E-state index in [0.717, 1.165) is 0 Å². The summed E-state index contributed by atoms with van der Waals surface area (Å²) >= 11 is 0. The number of aliphatic hydroxyl groups is 1. The number of rotatable bonds is 8. The van der Waals surface area contributed by atoms with Gasteiger partial charge in [0.05, 0.1) is 13.2 Å². The number of carboxylic acid groups (broad SMARTS) is 1. The van der Waals surface area contributed by atoms with Gasteiger partial charge in [-0.1, -0.05) is 13.8 Å². The van der Waals surface area contributed by atoms with Crippen LogP contribution in [0, 0.1) is 5.92 Å². The molecule has 7 nitrogen and oxygen atoms in total. The average molecular weight is 262 g/mol. The molecule has 0 aliphatic carbocycles. The molecule has 0 spiro atoms. The molecule has 3 N–H and O–H groups in total. The Labute approximate surface area is 107 Å². The van der Waals surface area contributed by atoms with Crippen molar-refractivity contribution in [3.63, 3.8) is 0 Å². The first-order valence-electron chi connectivity index (χ1n) is 5.82. The average Bonchev–Trinajstić information content (AvgIpc) is 2.30. The fraction of sp³-hybridized carbons (Fsp3) is 0.818. The van der Waals surface area contributed by atoms with Crippen molar-refractivity contribution >= 4 is 12.0 Å². The lowest BCUT2D eigenvalue weighted by atomic mass is 10.1. The highest BCUT2D eigenvalue weighted by Crippen LogP contribution is 2.03. The van der Waals surface area contributed by atoms with Gasteiger partial charge >= 0.3 is 12.0 Å². The van der Waals surface area contributed by atoms with E-state index in [0.29, 0.717) is 13.2 Å². The summed E-state index contributed by atoms with van der Waals surface area (Å²) in [7, 11) is 1.50. The number of amides is 2. The van der Waals surface area contributed by atoms with E-state index in [1.54, 1.807) is 13.8 Å². The molecule has 0 aromatic rings. The molecular formula is C11H22N2O5. The monoisotopic (exact) mass is 262 g/mol. The molecule has 0 aliphatic rings. The Morgan fingerprint density at radius 2 is 1.94 bits per heavy atom. The second-order valence-electron chi connectivity index (χ2n) is 4.21. The van der Waals surface area contributed by atoms with Gasteiger partial charge in [-0.25, -0.2) is 9.59 Å². The van der Waals surface area contributed by atoms with Gasteiger partial charge in [-0.2, -0.15) is 0 Å². The van der Waals surface area contributed by atoms with Crippen LogP contribution in [0.2, 0.25) is 0 Å². The van der Waals surface area contributed by atoms with E-state index < -0.39 is 18.0 Å². The van der Waals surface area contributed by atoms with Gasteiger partial charge < -0.3 is 25.2 Å². The van der Waals surface area contributed by atoms with Crippen molar-refractivity contribution in [1.82, 2.24) is 10.2 Å². The molecule has 0 aromatic carbocycles. The number of carbonyl (C=O) groups excluding carboxylic acids is 1. The molecule has 0 aliphatic heterocycles. The summed E-state index contributed by atoms with van der Waals surface area (Å²) in [6.45, 7) is 4.01. The zero-order chi connectivity index (χ0) is 14.1. The van der Waals surface area contributed by atoms with Crippen LogP contribution in [0.4, 0.5) is 4.79 Å². The quantitative estimate of drug-likeness (QED) is 0.560. The van der Waals surface area contributed by atoms with E-state index in [-0.39, 0.29) is 19.1 Å². The summed E-state index contributed by atoms with van der Waals surface area (Å²) in [5, 5.41) is 20.3. The SMILES string of the molecule is COCCN(CCO)C(=O)N[C@H](C(=O)O)C(C)C. The molecule has 18 heavy (non-hydrogen) atoms. The fourth-order valence-corrected chi connectivity index (χ4v) is 1.37. The molecule has 106 valence electrons. The van der Waals surface area contributed by atoms with Gasteiger partial charge in [0.1, 0.15) is 6.04 Å². The summed E-state index contributed by atoms with van der Waals surface area (Å²) in [4.78, 5) is 24.1. The van der Waals surface area contributed by atoms with Gasteiger partial charge in [0.25, 0.3) is 0 Å². The Kier molecular flexibility index (Phi) is 8.06. The van der Waals surface area contributed by atoms with E-state index >= 15 is 0 Å². The van der Waals surface area contributed by atoms with Crippen LogP contribution in [0.15, 0.2) is 0 Å². The van der Waals surface area contributed by atoms with E-state index in [2.05, 4.69) is 5.32 Å². The van der Waals surface area contributed by atoms with Crippen LogP contribution in [0.1, 0.15) is 13.8 Å². The van der Waals surface area contributed by atoms with Crippen LogP contribution in [-0.2, 0) is 9.53 Å². The number of ether oxygens (including phenoxy) is 1. The van der Waals surface area contributed by atoms with E-state index in [4.69, 9.17) is 14.9 Å². The van der Waals surface area contributed by atoms with Crippen LogP contribution in [0.3, 0.4) is 0 Å². The lowest BCUT2D eigenvalue weighted by Gasteiger charge is -2.25. The number of carbonyl (C=O) groups is 2. The first-order chi connectivity index (χ1) is 8.43. The molecule has 0 bridgehead atoms. The number of hydrogen-bond donors (Lipinski definition) is 3. The molecule has 0 unspecified atom stereocenters. The van der Waals surface area contributed by atoms with Crippen molar-refractivity contribution in [2.45, 2.75) is 19.9 Å². The Hall–Kier alpha value is -1.34. The van der Waals surface area contributed by atoms with Crippen LogP contribution in [0.25, 0.3) is 0 Å². The lowest BCUT2D eigenvalue weighted by Crippen LogP contribution is -2.51. The minimum Gasteiger partial charge on any atom is -0.480 e. The minimum absolute atomic E-state index is 0.139. The van der Waals surface area contributed by atoms with Gasteiger partial charge in [-0.15, -0.1) is 0 Å². The smallest absolute Gasteiger partial charge is 0.326 e. The standard InChI is InChI=1S/C11H22N2O5/c1-8(2)9(10(15)16)12-11(17)13(4-6-14)5-7-18-3/h8-9,14H,4-7H2,1-3H3,(H,12,17)(H,15,16)/t9-/m0/s1. The normalized spacial score (nSPS) is 12.3. The van der Waals surface area contributed by atoms with Crippen LogP contribution < -0.4 is 5.32 Å². The lowest BCUT2D eigenvalue weighted by molar-refractivity contribution is -0.140. The molecule has 0 heterocycles. The maximum absolute atomic E-state index is 11.8. The predicted molar refractivity (Wildman–Crippen MR) is 65.3 cm³/mol. The molecular weight excluding hydrogens is 240 g/mol. The number of carboxylic acids is 1. The van der Waals surface area contributed by atoms with Gasteiger partial charge in [-0.3, -0.25) is 0 Å². The molecule has 7 heteroatoms. The first-order valence-corrected chi connectivity index (χ1v) is 5.82. The number of nitrogens with one attached hydrogen (secondary N) is 1. The van der Waals surface area contributed by atoms with E-state index in [1.165, 1.54) is 12.0 Å². The van der Waals surface area contributed by atoms with Crippen molar-refractivity contribution in [2.24, 2.45) is 5.92 Å². The third kappa shape index (κ3) is 5.83. The highest BCUT2D eigenvalue weighted by molar-refractivity contribution is 5.82. The van der Waals surface area contributed by atoms with Gasteiger partial charge in [-0.05, 0) is 5.92 Å². The zero-order valence-electron chi connectivity index (χ0n) is 11.0. The molecule has 0 fully saturated rings. The number of aliphatic hydroxyl groups excluding tert-OH is 1. The summed E-state index contributed by atoms with van der Waals surface area (Å²) in [5.74, 6) is -1.29. The van der Waals surface area contributed by atoms with Crippen LogP contribution >= 0.6 is 0 Å². The molecule has 1 atom stereocenters. The number of urea groups is 1. The summed E-state index contributed by atoms with van der Waals surface area (Å²) in [6, 6.07) is -1.46. The Bertz CT molecular complexity index is 270. The van der Waals surface area contributed by atoms with Crippen molar-refractivity contribution < 1.29 is 24.5 Å². The third-order valence-corrected chi connectivity index (χ3v) is 2.43.